The van der Waals surface area contributed by atoms with E-state index in [0.717, 1.165) is 6.29 Å². The number of benzene rings is 1. The fourth-order valence-corrected chi connectivity index (χ4v) is 1.83. The molecule has 5 heteroatoms. The molecule has 1 aromatic heterocycles. The fraction of sp³-hybridized carbons (Fsp3) is 0.133. The summed E-state index contributed by atoms with van der Waals surface area (Å²) >= 11 is 0. The highest BCUT2D eigenvalue weighted by atomic mass is 16.3. The van der Waals surface area contributed by atoms with E-state index in [1.165, 1.54) is 6.07 Å². The third kappa shape index (κ3) is 2.66. The van der Waals surface area contributed by atoms with Gasteiger partial charge in [-0.1, -0.05) is 12.1 Å². The molecule has 20 heavy (non-hydrogen) atoms. The number of aldehydes is 1. The predicted molar refractivity (Wildman–Crippen MR) is 75.2 cm³/mol. The Hall–Kier alpha value is -2.69. The first kappa shape index (κ1) is 13.7. The highest BCUT2D eigenvalue weighted by molar-refractivity contribution is 6.06. The maximum Gasteiger partial charge on any atom is 0.261 e. The van der Waals surface area contributed by atoms with Gasteiger partial charge in [0.25, 0.3) is 5.91 Å². The number of nitrogens with one attached hydrogen (secondary N) is 1. The molecule has 0 unspecified atom stereocenters. The van der Waals surface area contributed by atoms with Crippen LogP contribution in [-0.4, -0.2) is 22.3 Å². The van der Waals surface area contributed by atoms with Gasteiger partial charge >= 0.3 is 0 Å². The number of anilines is 1. The minimum atomic E-state index is -0.471. The zero-order valence-electron chi connectivity index (χ0n) is 11.2. The molecule has 0 fully saturated rings. The van der Waals surface area contributed by atoms with Crippen LogP contribution in [0.3, 0.4) is 0 Å². The molecule has 2 N–H and O–H groups in total. The number of nitrogens with zero attached hydrogens (tertiary/aromatic N) is 1. The molecule has 2 rings (SSSR count). The van der Waals surface area contributed by atoms with E-state index in [9.17, 15) is 14.7 Å². The summed E-state index contributed by atoms with van der Waals surface area (Å²) in [4.78, 5) is 26.8. The second kappa shape index (κ2) is 5.52. The molecule has 0 radical (unpaired) electrons. The van der Waals surface area contributed by atoms with Gasteiger partial charge in [0.1, 0.15) is 11.8 Å². The molecule has 1 amide bonds. The molecule has 0 aliphatic heterocycles. The van der Waals surface area contributed by atoms with Crippen LogP contribution in [0, 0.1) is 13.8 Å². The molecule has 0 spiro atoms. The first-order valence-electron chi connectivity index (χ1n) is 6.05. The Kier molecular flexibility index (Phi) is 3.79. The number of carbonyl (C=O) groups is 2. The number of aromatic hydroxyl groups is 1. The van der Waals surface area contributed by atoms with E-state index in [-0.39, 0.29) is 11.4 Å². The van der Waals surface area contributed by atoms with E-state index < -0.39 is 5.91 Å². The van der Waals surface area contributed by atoms with Gasteiger partial charge in [-0.15, -0.1) is 0 Å². The molecule has 0 aliphatic rings. The van der Waals surface area contributed by atoms with Crippen molar-refractivity contribution < 1.29 is 14.7 Å². The summed E-state index contributed by atoms with van der Waals surface area (Å²) in [7, 11) is 0. The molecular weight excluding hydrogens is 256 g/mol. The van der Waals surface area contributed by atoms with Crippen molar-refractivity contribution in [1.29, 1.82) is 0 Å². The van der Waals surface area contributed by atoms with Gasteiger partial charge in [0.05, 0.1) is 0 Å². The SMILES string of the molecule is Cc1ccc(C(=O)Nc2cccc(C=O)c2C)c(O)n1. The second-order valence-electron chi connectivity index (χ2n) is 4.42. The number of pyridine rings is 1. The summed E-state index contributed by atoms with van der Waals surface area (Å²) in [5.41, 5.74) is 2.42. The number of aromatic nitrogens is 1. The Balaban J connectivity index is 2.30. The summed E-state index contributed by atoms with van der Waals surface area (Å²) in [6.07, 6.45) is 0.732. The molecule has 0 saturated heterocycles. The van der Waals surface area contributed by atoms with Crippen molar-refractivity contribution in [2.75, 3.05) is 5.32 Å². The van der Waals surface area contributed by atoms with Crippen LogP contribution in [0.15, 0.2) is 30.3 Å². The molecule has 0 aliphatic carbocycles. The average Bonchev–Trinajstić information content (AvgIpc) is 2.41. The van der Waals surface area contributed by atoms with Crippen LogP contribution >= 0.6 is 0 Å². The second-order valence-corrected chi connectivity index (χ2v) is 4.42. The number of hydrogen-bond donors (Lipinski definition) is 2. The zero-order chi connectivity index (χ0) is 14.7. The summed E-state index contributed by atoms with van der Waals surface area (Å²) < 4.78 is 0. The maximum absolute atomic E-state index is 12.1. The van der Waals surface area contributed by atoms with Gasteiger partial charge in [-0.2, -0.15) is 0 Å². The molecule has 1 aromatic carbocycles. The molecular formula is C15H14N2O3. The zero-order valence-corrected chi connectivity index (χ0v) is 11.2. The van der Waals surface area contributed by atoms with Gasteiger partial charge < -0.3 is 10.4 Å². The fourth-order valence-electron chi connectivity index (χ4n) is 1.83. The van der Waals surface area contributed by atoms with E-state index in [1.54, 1.807) is 38.1 Å². The third-order valence-electron chi connectivity index (χ3n) is 3.01. The van der Waals surface area contributed by atoms with Gasteiger partial charge in [0, 0.05) is 16.9 Å². The van der Waals surface area contributed by atoms with Crippen LogP contribution < -0.4 is 5.32 Å². The van der Waals surface area contributed by atoms with Gasteiger partial charge in [0.15, 0.2) is 0 Å². The smallest absolute Gasteiger partial charge is 0.261 e. The highest BCUT2D eigenvalue weighted by Crippen LogP contribution is 2.20. The summed E-state index contributed by atoms with van der Waals surface area (Å²) in [5.74, 6) is -0.784. The Bertz CT molecular complexity index is 681. The van der Waals surface area contributed by atoms with Crippen molar-refractivity contribution in [3.63, 3.8) is 0 Å². The van der Waals surface area contributed by atoms with Crippen LogP contribution in [0.1, 0.15) is 32.0 Å². The minimum Gasteiger partial charge on any atom is -0.493 e. The molecule has 0 atom stereocenters. The van der Waals surface area contributed by atoms with E-state index in [4.69, 9.17) is 0 Å². The minimum absolute atomic E-state index is 0.0894. The number of hydrogen-bond acceptors (Lipinski definition) is 4. The Labute approximate surface area is 116 Å². The van der Waals surface area contributed by atoms with E-state index in [1.807, 2.05) is 0 Å². The molecule has 0 saturated carbocycles. The van der Waals surface area contributed by atoms with Crippen LogP contribution in [0.5, 0.6) is 5.88 Å². The largest absolute Gasteiger partial charge is 0.493 e. The van der Waals surface area contributed by atoms with Crippen molar-refractivity contribution >= 4 is 17.9 Å². The monoisotopic (exact) mass is 270 g/mol. The lowest BCUT2D eigenvalue weighted by Gasteiger charge is -2.10. The predicted octanol–water partition coefficient (Wildman–Crippen LogP) is 2.47. The normalized spacial score (nSPS) is 10.1. The number of amides is 1. The van der Waals surface area contributed by atoms with Crippen LogP contribution in [0.25, 0.3) is 0 Å². The Morgan fingerprint density at radius 1 is 1.25 bits per heavy atom. The number of aryl methyl sites for hydroxylation is 1. The number of carbonyl (C=O) groups excluding carboxylic acids is 2. The first-order valence-corrected chi connectivity index (χ1v) is 6.05. The maximum atomic E-state index is 12.1. The van der Waals surface area contributed by atoms with Crippen molar-refractivity contribution in [2.45, 2.75) is 13.8 Å². The molecule has 2 aromatic rings. The lowest BCUT2D eigenvalue weighted by molar-refractivity contribution is 0.102. The lowest BCUT2D eigenvalue weighted by Crippen LogP contribution is -2.14. The van der Waals surface area contributed by atoms with E-state index in [0.29, 0.717) is 22.5 Å². The Morgan fingerprint density at radius 3 is 2.65 bits per heavy atom. The van der Waals surface area contributed by atoms with Crippen LogP contribution in [0.4, 0.5) is 5.69 Å². The van der Waals surface area contributed by atoms with Crippen molar-refractivity contribution in [3.05, 3.63) is 52.7 Å². The van der Waals surface area contributed by atoms with Crippen molar-refractivity contribution in [3.8, 4) is 5.88 Å². The summed E-state index contributed by atoms with van der Waals surface area (Å²) in [6, 6.07) is 8.19. The van der Waals surface area contributed by atoms with Crippen LogP contribution in [-0.2, 0) is 0 Å². The third-order valence-corrected chi connectivity index (χ3v) is 3.01. The van der Waals surface area contributed by atoms with Crippen molar-refractivity contribution in [2.24, 2.45) is 0 Å². The van der Waals surface area contributed by atoms with Gasteiger partial charge in [0.2, 0.25) is 5.88 Å². The molecule has 102 valence electrons. The Morgan fingerprint density at radius 2 is 2.00 bits per heavy atom. The molecule has 5 nitrogen and oxygen atoms in total. The van der Waals surface area contributed by atoms with Crippen LogP contribution in [0.2, 0.25) is 0 Å². The first-order chi connectivity index (χ1) is 9.52. The lowest BCUT2D eigenvalue weighted by atomic mass is 10.1. The highest BCUT2D eigenvalue weighted by Gasteiger charge is 2.14. The van der Waals surface area contributed by atoms with E-state index >= 15 is 0 Å². The molecule has 1 heterocycles. The molecule has 0 bridgehead atoms. The van der Waals surface area contributed by atoms with Gasteiger partial charge in [-0.05, 0) is 37.6 Å². The van der Waals surface area contributed by atoms with Crippen molar-refractivity contribution in [1.82, 2.24) is 4.98 Å². The summed E-state index contributed by atoms with van der Waals surface area (Å²) in [5, 5.41) is 12.3. The average molecular weight is 270 g/mol. The topological polar surface area (TPSA) is 79.3 Å². The van der Waals surface area contributed by atoms with Gasteiger partial charge in [-0.3, -0.25) is 9.59 Å². The summed E-state index contributed by atoms with van der Waals surface area (Å²) in [6.45, 7) is 3.46. The van der Waals surface area contributed by atoms with E-state index in [2.05, 4.69) is 10.3 Å². The quantitative estimate of drug-likeness (QED) is 0.840. The standard InChI is InChI=1S/C15H14N2O3/c1-9-6-7-12(14(19)16-9)15(20)17-13-5-3-4-11(8-18)10(13)2/h3-8H,1-2H3,(H,16,19)(H,17,20). The number of rotatable bonds is 3. The van der Waals surface area contributed by atoms with Gasteiger partial charge in [-0.25, -0.2) is 4.98 Å².